The van der Waals surface area contributed by atoms with Crippen molar-refractivity contribution in [3.8, 4) is 5.75 Å². The fraction of sp³-hybridized carbons (Fsp3) is 0.375. The van der Waals surface area contributed by atoms with Gasteiger partial charge in [-0.2, -0.15) is 0 Å². The second-order valence-corrected chi connectivity index (χ2v) is 10.5. The molecule has 2 aromatic carbocycles. The number of benzene rings is 2. The molecule has 1 aliphatic carbocycles. The lowest BCUT2D eigenvalue weighted by Crippen LogP contribution is -2.23. The normalized spacial score (nSPS) is 19.9. The van der Waals surface area contributed by atoms with E-state index in [0.29, 0.717) is 11.0 Å². The van der Waals surface area contributed by atoms with Crippen LogP contribution in [0.1, 0.15) is 24.8 Å². The van der Waals surface area contributed by atoms with Crippen LogP contribution in [-0.4, -0.2) is 43.2 Å². The number of para-hydroxylation sites is 1. The zero-order valence-electron chi connectivity index (χ0n) is 16.9. The average molecular weight is 423 g/mol. The summed E-state index contributed by atoms with van der Waals surface area (Å²) < 4.78 is 31.7. The van der Waals surface area contributed by atoms with Gasteiger partial charge in [-0.05, 0) is 61.6 Å². The van der Waals surface area contributed by atoms with E-state index < -0.39 is 9.84 Å². The second-order valence-electron chi connectivity index (χ2n) is 8.50. The largest absolute Gasteiger partial charge is 0.490 e. The zero-order valence-corrected chi connectivity index (χ0v) is 17.7. The molecule has 0 radical (unpaired) electrons. The van der Waals surface area contributed by atoms with Crippen LogP contribution in [0.3, 0.4) is 0 Å². The number of fused-ring (bicyclic) bond motifs is 1. The summed E-state index contributed by atoms with van der Waals surface area (Å²) >= 11 is 0. The van der Waals surface area contributed by atoms with Crippen molar-refractivity contribution >= 4 is 20.7 Å². The number of nitrogens with zero attached hydrogens (tertiary/aromatic N) is 2. The highest BCUT2D eigenvalue weighted by molar-refractivity contribution is 7.91. The van der Waals surface area contributed by atoms with Gasteiger partial charge in [0.2, 0.25) is 0 Å². The number of pyridine rings is 1. The lowest BCUT2D eigenvalue weighted by atomic mass is 10.1. The predicted octanol–water partition coefficient (Wildman–Crippen LogP) is 4.07. The van der Waals surface area contributed by atoms with Crippen molar-refractivity contribution in [1.29, 1.82) is 0 Å². The molecule has 1 saturated heterocycles. The van der Waals surface area contributed by atoms with Gasteiger partial charge in [-0.3, -0.25) is 9.88 Å². The maximum atomic E-state index is 13.0. The van der Waals surface area contributed by atoms with Crippen molar-refractivity contribution in [2.75, 3.05) is 18.8 Å². The summed E-state index contributed by atoms with van der Waals surface area (Å²) in [4.78, 5) is 6.99. The Morgan fingerprint density at radius 2 is 1.83 bits per heavy atom. The molecule has 2 heterocycles. The molecule has 1 atom stereocenters. The van der Waals surface area contributed by atoms with E-state index in [4.69, 9.17) is 4.74 Å². The van der Waals surface area contributed by atoms with Gasteiger partial charge in [-0.25, -0.2) is 8.42 Å². The van der Waals surface area contributed by atoms with Crippen molar-refractivity contribution in [3.05, 3.63) is 66.4 Å². The summed E-state index contributed by atoms with van der Waals surface area (Å²) in [6.07, 6.45) is 5.14. The molecule has 0 unspecified atom stereocenters. The van der Waals surface area contributed by atoms with E-state index in [2.05, 4.69) is 22.0 Å². The summed E-state index contributed by atoms with van der Waals surface area (Å²) in [5.74, 6) is 1.27. The first-order valence-electron chi connectivity index (χ1n) is 10.6. The first-order chi connectivity index (χ1) is 14.5. The first-order valence-corrected chi connectivity index (χ1v) is 12.3. The van der Waals surface area contributed by atoms with Crippen molar-refractivity contribution in [2.45, 2.75) is 36.8 Å². The minimum Gasteiger partial charge on any atom is -0.490 e. The zero-order chi connectivity index (χ0) is 20.6. The van der Waals surface area contributed by atoms with E-state index in [0.717, 1.165) is 55.5 Å². The van der Waals surface area contributed by atoms with Crippen LogP contribution in [0.2, 0.25) is 0 Å². The van der Waals surface area contributed by atoms with Gasteiger partial charge in [0, 0.05) is 24.7 Å². The third kappa shape index (κ3) is 4.50. The molecule has 0 N–H and O–H groups in total. The van der Waals surface area contributed by atoms with Crippen LogP contribution < -0.4 is 4.74 Å². The van der Waals surface area contributed by atoms with Crippen molar-refractivity contribution in [3.63, 3.8) is 0 Å². The lowest BCUT2D eigenvalue weighted by Gasteiger charge is -2.16. The Morgan fingerprint density at radius 3 is 2.63 bits per heavy atom. The fourth-order valence-corrected chi connectivity index (χ4v) is 5.73. The van der Waals surface area contributed by atoms with E-state index in [1.807, 2.05) is 36.4 Å². The molecule has 0 amide bonds. The maximum Gasteiger partial charge on any atom is 0.180 e. The molecule has 5 nitrogen and oxygen atoms in total. The summed E-state index contributed by atoms with van der Waals surface area (Å²) in [6, 6.07) is 17.7. The molecule has 1 saturated carbocycles. The number of ether oxygens (including phenoxy) is 1. The summed E-state index contributed by atoms with van der Waals surface area (Å²) in [7, 11) is -3.35. The number of aromatic nitrogens is 1. The Hall–Kier alpha value is -2.44. The SMILES string of the molecule is O=S(=O)(C[C@@H]1CCN(Cc2ccc(OC3CC3)cc2)C1)c1cnc2ccccc2c1. The summed E-state index contributed by atoms with van der Waals surface area (Å²) in [5, 5.41) is 0.862. The fourth-order valence-electron chi connectivity index (χ4n) is 4.13. The van der Waals surface area contributed by atoms with Crippen LogP contribution in [0.15, 0.2) is 65.7 Å². The maximum absolute atomic E-state index is 13.0. The van der Waals surface area contributed by atoms with Crippen LogP contribution in [0.25, 0.3) is 10.9 Å². The van der Waals surface area contributed by atoms with Gasteiger partial charge in [-0.1, -0.05) is 30.3 Å². The second kappa shape index (κ2) is 8.00. The number of rotatable bonds is 7. The van der Waals surface area contributed by atoms with Gasteiger partial charge in [0.05, 0.1) is 22.3 Å². The highest BCUT2D eigenvalue weighted by Crippen LogP contribution is 2.28. The van der Waals surface area contributed by atoms with E-state index in [9.17, 15) is 8.42 Å². The van der Waals surface area contributed by atoms with Crippen molar-refractivity contribution in [2.24, 2.45) is 5.92 Å². The molecule has 3 aromatic rings. The van der Waals surface area contributed by atoms with E-state index in [-0.39, 0.29) is 11.7 Å². The smallest absolute Gasteiger partial charge is 0.180 e. The number of hydrogen-bond acceptors (Lipinski definition) is 5. The van der Waals surface area contributed by atoms with Crippen LogP contribution in [0, 0.1) is 5.92 Å². The first kappa shape index (κ1) is 19.5. The van der Waals surface area contributed by atoms with E-state index in [1.54, 1.807) is 6.07 Å². The Balaban J connectivity index is 1.19. The van der Waals surface area contributed by atoms with Gasteiger partial charge in [-0.15, -0.1) is 0 Å². The van der Waals surface area contributed by atoms with E-state index in [1.165, 1.54) is 11.8 Å². The topological polar surface area (TPSA) is 59.5 Å². The number of likely N-dealkylation sites (tertiary alicyclic amines) is 1. The standard InChI is InChI=1S/C24H26N2O3S/c27-30(28,23-13-20-3-1-2-4-24(20)25-14-23)17-19-11-12-26(16-19)15-18-5-7-21(8-6-18)29-22-9-10-22/h1-8,13-14,19,22H,9-12,15-17H2/t19-/m1/s1. The quantitative estimate of drug-likeness (QED) is 0.574. The molecule has 0 bridgehead atoms. The predicted molar refractivity (Wildman–Crippen MR) is 117 cm³/mol. The minimum atomic E-state index is -3.35. The molecule has 1 aromatic heterocycles. The Kier molecular flexibility index (Phi) is 5.21. The van der Waals surface area contributed by atoms with Gasteiger partial charge < -0.3 is 4.74 Å². The molecular formula is C24H26N2O3S. The monoisotopic (exact) mass is 422 g/mol. The van der Waals surface area contributed by atoms with Crippen LogP contribution in [0.4, 0.5) is 0 Å². The third-order valence-electron chi connectivity index (χ3n) is 5.91. The molecule has 5 rings (SSSR count). The molecule has 0 spiro atoms. The minimum absolute atomic E-state index is 0.152. The summed E-state index contributed by atoms with van der Waals surface area (Å²) in [6.45, 7) is 2.58. The molecular weight excluding hydrogens is 396 g/mol. The van der Waals surface area contributed by atoms with E-state index >= 15 is 0 Å². The Bertz CT molecular complexity index is 1140. The molecule has 2 aliphatic rings. The van der Waals surface area contributed by atoms with Gasteiger partial charge in [0.15, 0.2) is 9.84 Å². The molecule has 1 aliphatic heterocycles. The lowest BCUT2D eigenvalue weighted by molar-refractivity contribution is 0.302. The van der Waals surface area contributed by atoms with Crippen molar-refractivity contribution < 1.29 is 13.2 Å². The highest BCUT2D eigenvalue weighted by Gasteiger charge is 2.28. The Labute approximate surface area is 177 Å². The van der Waals surface area contributed by atoms with Gasteiger partial charge in [0.1, 0.15) is 5.75 Å². The highest BCUT2D eigenvalue weighted by atomic mass is 32.2. The molecule has 2 fully saturated rings. The number of sulfone groups is 1. The van der Waals surface area contributed by atoms with Crippen LogP contribution in [0.5, 0.6) is 5.75 Å². The Morgan fingerprint density at radius 1 is 1.03 bits per heavy atom. The van der Waals surface area contributed by atoms with Gasteiger partial charge >= 0.3 is 0 Å². The van der Waals surface area contributed by atoms with Crippen LogP contribution >= 0.6 is 0 Å². The average Bonchev–Trinajstić information content (AvgIpc) is 3.47. The summed E-state index contributed by atoms with van der Waals surface area (Å²) in [5.41, 5.74) is 2.05. The van der Waals surface area contributed by atoms with Crippen LogP contribution in [-0.2, 0) is 16.4 Å². The molecule has 30 heavy (non-hydrogen) atoms. The van der Waals surface area contributed by atoms with Gasteiger partial charge in [0.25, 0.3) is 0 Å². The molecule has 156 valence electrons. The third-order valence-corrected chi connectivity index (χ3v) is 7.76. The number of hydrogen-bond donors (Lipinski definition) is 0. The molecule has 6 heteroatoms. The van der Waals surface area contributed by atoms with Crippen molar-refractivity contribution in [1.82, 2.24) is 9.88 Å².